The molecule has 1 aromatic rings. The Kier molecular flexibility index (Phi) is 3.70. The Morgan fingerprint density at radius 1 is 1.23 bits per heavy atom. The van der Waals surface area contributed by atoms with Crippen LogP contribution in [0.25, 0.3) is 0 Å². The SMILES string of the molecule is Cl.Fc1ccc2c(c1)CNCCC2. The van der Waals surface area contributed by atoms with E-state index in [0.717, 1.165) is 31.5 Å². The van der Waals surface area contributed by atoms with Crippen molar-refractivity contribution in [2.45, 2.75) is 19.4 Å². The topological polar surface area (TPSA) is 12.0 Å². The molecular weight excluding hydrogens is 189 g/mol. The van der Waals surface area contributed by atoms with Crippen LogP contribution in [0, 0.1) is 5.82 Å². The van der Waals surface area contributed by atoms with Crippen molar-refractivity contribution in [3.63, 3.8) is 0 Å². The van der Waals surface area contributed by atoms with E-state index in [2.05, 4.69) is 5.32 Å². The molecule has 0 atom stereocenters. The summed E-state index contributed by atoms with van der Waals surface area (Å²) in [4.78, 5) is 0. The number of rotatable bonds is 0. The first-order chi connectivity index (χ1) is 5.86. The Labute approximate surface area is 83.8 Å². The van der Waals surface area contributed by atoms with Gasteiger partial charge in [0.2, 0.25) is 0 Å². The molecule has 1 aliphatic rings. The number of nitrogens with one attached hydrogen (secondary N) is 1. The van der Waals surface area contributed by atoms with Gasteiger partial charge >= 0.3 is 0 Å². The first kappa shape index (κ1) is 10.5. The van der Waals surface area contributed by atoms with Crippen molar-refractivity contribution in [3.05, 3.63) is 35.1 Å². The first-order valence-corrected chi connectivity index (χ1v) is 4.34. The average Bonchev–Trinajstić information content (AvgIpc) is 2.28. The summed E-state index contributed by atoms with van der Waals surface area (Å²) in [6.45, 7) is 1.85. The van der Waals surface area contributed by atoms with E-state index in [9.17, 15) is 4.39 Å². The molecular formula is C10H13ClFN. The van der Waals surface area contributed by atoms with E-state index in [1.54, 1.807) is 12.1 Å². The summed E-state index contributed by atoms with van der Waals surface area (Å²) in [5.41, 5.74) is 2.41. The summed E-state index contributed by atoms with van der Waals surface area (Å²) >= 11 is 0. The zero-order valence-electron chi connectivity index (χ0n) is 7.35. The maximum atomic E-state index is 12.8. The second kappa shape index (κ2) is 4.58. The maximum absolute atomic E-state index is 12.8. The highest BCUT2D eigenvalue weighted by atomic mass is 35.5. The molecule has 0 fully saturated rings. The molecule has 0 amide bonds. The number of hydrogen-bond acceptors (Lipinski definition) is 1. The molecule has 0 saturated carbocycles. The molecule has 1 heterocycles. The van der Waals surface area contributed by atoms with E-state index < -0.39 is 0 Å². The highest BCUT2D eigenvalue weighted by Crippen LogP contribution is 2.15. The lowest BCUT2D eigenvalue weighted by molar-refractivity contribution is 0.622. The quantitative estimate of drug-likeness (QED) is 0.679. The Morgan fingerprint density at radius 3 is 2.92 bits per heavy atom. The number of hydrogen-bond donors (Lipinski definition) is 1. The van der Waals surface area contributed by atoms with Crippen LogP contribution in [0.15, 0.2) is 18.2 Å². The molecule has 0 spiro atoms. The van der Waals surface area contributed by atoms with Crippen molar-refractivity contribution in [1.82, 2.24) is 5.32 Å². The standard InChI is InChI=1S/C10H12FN.ClH/c11-10-4-3-8-2-1-5-12-7-9(8)6-10;/h3-4,6,12H,1-2,5,7H2;1H. The lowest BCUT2D eigenvalue weighted by Crippen LogP contribution is -2.11. The van der Waals surface area contributed by atoms with Gasteiger partial charge in [-0.3, -0.25) is 0 Å². The number of benzene rings is 1. The van der Waals surface area contributed by atoms with Crippen molar-refractivity contribution in [2.75, 3.05) is 6.54 Å². The molecule has 1 nitrogen and oxygen atoms in total. The molecule has 1 aliphatic heterocycles. The lowest BCUT2D eigenvalue weighted by atomic mass is 10.0. The van der Waals surface area contributed by atoms with E-state index in [4.69, 9.17) is 0 Å². The fourth-order valence-electron chi connectivity index (χ4n) is 1.63. The molecule has 1 aromatic carbocycles. The van der Waals surface area contributed by atoms with E-state index >= 15 is 0 Å². The van der Waals surface area contributed by atoms with Crippen molar-refractivity contribution in [1.29, 1.82) is 0 Å². The first-order valence-electron chi connectivity index (χ1n) is 4.34. The molecule has 72 valence electrons. The van der Waals surface area contributed by atoms with E-state index in [-0.39, 0.29) is 18.2 Å². The van der Waals surface area contributed by atoms with Gasteiger partial charge in [0.15, 0.2) is 0 Å². The molecule has 1 N–H and O–H groups in total. The van der Waals surface area contributed by atoms with Gasteiger partial charge in [0.1, 0.15) is 5.82 Å². The molecule has 0 unspecified atom stereocenters. The number of fused-ring (bicyclic) bond motifs is 1. The predicted octanol–water partition coefficient (Wildman–Crippen LogP) is 2.28. The van der Waals surface area contributed by atoms with Crippen molar-refractivity contribution < 1.29 is 4.39 Å². The largest absolute Gasteiger partial charge is 0.313 e. The molecule has 0 saturated heterocycles. The molecule has 13 heavy (non-hydrogen) atoms. The lowest BCUT2D eigenvalue weighted by Gasteiger charge is -2.03. The zero-order chi connectivity index (χ0) is 8.39. The van der Waals surface area contributed by atoms with Crippen LogP contribution in [-0.4, -0.2) is 6.54 Å². The van der Waals surface area contributed by atoms with Gasteiger partial charge in [-0.05, 0) is 42.6 Å². The second-order valence-electron chi connectivity index (χ2n) is 3.19. The summed E-state index contributed by atoms with van der Waals surface area (Å²) in [5, 5.41) is 3.26. The fraction of sp³-hybridized carbons (Fsp3) is 0.400. The van der Waals surface area contributed by atoms with Crippen LogP contribution >= 0.6 is 12.4 Å². The third-order valence-electron chi connectivity index (χ3n) is 2.28. The summed E-state index contributed by atoms with van der Waals surface area (Å²) in [6, 6.07) is 5.08. The highest BCUT2D eigenvalue weighted by Gasteiger charge is 2.06. The summed E-state index contributed by atoms with van der Waals surface area (Å²) < 4.78 is 12.8. The Bertz CT molecular complexity index is 288. The predicted molar refractivity (Wildman–Crippen MR) is 53.7 cm³/mol. The van der Waals surface area contributed by atoms with Crippen molar-refractivity contribution in [2.24, 2.45) is 0 Å². The zero-order valence-corrected chi connectivity index (χ0v) is 8.16. The van der Waals surface area contributed by atoms with E-state index in [1.807, 2.05) is 6.07 Å². The third-order valence-corrected chi connectivity index (χ3v) is 2.28. The minimum absolute atomic E-state index is 0. The van der Waals surface area contributed by atoms with Crippen LogP contribution < -0.4 is 5.32 Å². The molecule has 0 bridgehead atoms. The average molecular weight is 202 g/mol. The van der Waals surface area contributed by atoms with E-state index in [1.165, 1.54) is 5.56 Å². The molecule has 0 radical (unpaired) electrons. The van der Waals surface area contributed by atoms with Gasteiger partial charge in [0.25, 0.3) is 0 Å². The van der Waals surface area contributed by atoms with Gasteiger partial charge in [0, 0.05) is 6.54 Å². The third kappa shape index (κ3) is 2.42. The van der Waals surface area contributed by atoms with Gasteiger partial charge in [-0.25, -0.2) is 4.39 Å². The fourth-order valence-corrected chi connectivity index (χ4v) is 1.63. The van der Waals surface area contributed by atoms with Crippen LogP contribution in [0.2, 0.25) is 0 Å². The summed E-state index contributed by atoms with van der Waals surface area (Å²) in [5.74, 6) is -0.127. The molecule has 0 aliphatic carbocycles. The number of aryl methyl sites for hydroxylation is 1. The van der Waals surface area contributed by atoms with Crippen LogP contribution in [0.5, 0.6) is 0 Å². The molecule has 2 rings (SSSR count). The van der Waals surface area contributed by atoms with Crippen LogP contribution in [0.1, 0.15) is 17.5 Å². The normalized spacial score (nSPS) is 15.5. The highest BCUT2D eigenvalue weighted by molar-refractivity contribution is 5.85. The Hall–Kier alpha value is -0.600. The van der Waals surface area contributed by atoms with Gasteiger partial charge in [-0.2, -0.15) is 0 Å². The Balaban J connectivity index is 0.000000845. The smallest absolute Gasteiger partial charge is 0.123 e. The van der Waals surface area contributed by atoms with Gasteiger partial charge in [0.05, 0.1) is 0 Å². The monoisotopic (exact) mass is 201 g/mol. The van der Waals surface area contributed by atoms with Crippen LogP contribution in [-0.2, 0) is 13.0 Å². The van der Waals surface area contributed by atoms with Gasteiger partial charge in [-0.1, -0.05) is 6.07 Å². The maximum Gasteiger partial charge on any atom is 0.123 e. The second-order valence-corrected chi connectivity index (χ2v) is 3.19. The number of halogens is 2. The van der Waals surface area contributed by atoms with Crippen molar-refractivity contribution >= 4 is 12.4 Å². The van der Waals surface area contributed by atoms with Gasteiger partial charge in [-0.15, -0.1) is 12.4 Å². The molecule has 0 aromatic heterocycles. The minimum atomic E-state index is -0.127. The van der Waals surface area contributed by atoms with Gasteiger partial charge < -0.3 is 5.32 Å². The Morgan fingerprint density at radius 2 is 2.08 bits per heavy atom. The minimum Gasteiger partial charge on any atom is -0.313 e. The van der Waals surface area contributed by atoms with Crippen molar-refractivity contribution in [3.8, 4) is 0 Å². The summed E-state index contributed by atoms with van der Waals surface area (Å²) in [6.07, 6.45) is 2.22. The van der Waals surface area contributed by atoms with E-state index in [0.29, 0.717) is 0 Å². The summed E-state index contributed by atoms with van der Waals surface area (Å²) in [7, 11) is 0. The molecule has 3 heteroatoms. The van der Waals surface area contributed by atoms with Crippen LogP contribution in [0.4, 0.5) is 4.39 Å². The van der Waals surface area contributed by atoms with Crippen LogP contribution in [0.3, 0.4) is 0 Å².